The van der Waals surface area contributed by atoms with Gasteiger partial charge in [-0.1, -0.05) is 0 Å². The number of carbonyl (C=O) groups excluding carboxylic acids is 4. The van der Waals surface area contributed by atoms with E-state index < -0.39 is 11.2 Å². The van der Waals surface area contributed by atoms with Gasteiger partial charge in [0.05, 0.1) is 0 Å². The molecule has 14 heteroatoms. The zero-order valence-corrected chi connectivity index (χ0v) is 31.7. The Bertz CT molecular complexity index is 796. The minimum Gasteiger partial charge on any atom is -0.444 e. The monoisotopic (exact) mass is 701 g/mol. The highest BCUT2D eigenvalue weighted by Gasteiger charge is 2.16. The summed E-state index contributed by atoms with van der Waals surface area (Å²) in [6, 6.07) is 0. The first-order valence-electron chi connectivity index (χ1n) is 18.6. The lowest BCUT2D eigenvalue weighted by Crippen LogP contribution is -2.34. The van der Waals surface area contributed by atoms with Gasteiger partial charge in [-0.3, -0.25) is 9.59 Å². The van der Waals surface area contributed by atoms with Gasteiger partial charge in [0, 0.05) is 39.0 Å². The zero-order chi connectivity index (χ0) is 36.6. The van der Waals surface area contributed by atoms with E-state index in [0.29, 0.717) is 45.4 Å². The molecule has 0 aromatic heterocycles. The molecule has 0 aliphatic rings. The molecule has 8 N–H and O–H groups in total. The van der Waals surface area contributed by atoms with Gasteiger partial charge in [0.15, 0.2) is 0 Å². The molecular weight excluding hydrogens is 628 g/mol. The van der Waals surface area contributed by atoms with Crippen molar-refractivity contribution in [3.05, 3.63) is 0 Å². The fourth-order valence-corrected chi connectivity index (χ4v) is 4.40. The highest BCUT2D eigenvalue weighted by atomic mass is 16.6. The topological polar surface area (TPSA) is 183 Å². The summed E-state index contributed by atoms with van der Waals surface area (Å²) in [5.41, 5.74) is -0.944. The Balaban J connectivity index is 3.36. The summed E-state index contributed by atoms with van der Waals surface area (Å²) < 4.78 is 10.4. The molecule has 0 saturated heterocycles. The number of hydrogen-bond donors (Lipinski definition) is 8. The minimum atomic E-state index is -0.472. The van der Waals surface area contributed by atoms with Gasteiger partial charge in [-0.25, -0.2) is 9.59 Å². The van der Waals surface area contributed by atoms with Crippen molar-refractivity contribution >= 4 is 24.0 Å². The summed E-state index contributed by atoms with van der Waals surface area (Å²) >= 11 is 0. The van der Waals surface area contributed by atoms with Crippen LogP contribution in [0.1, 0.15) is 112 Å². The SMILES string of the molecule is CC(C)(C)OC(=O)NCCCNCCCCNCCCNC(=O)CCCC(=O)NCCCNCCCCNCCCNC(=O)OC(C)(C)C. The van der Waals surface area contributed by atoms with Crippen LogP contribution >= 0.6 is 0 Å². The van der Waals surface area contributed by atoms with Gasteiger partial charge in [0.1, 0.15) is 11.2 Å². The molecule has 0 saturated carbocycles. The molecule has 0 aliphatic carbocycles. The van der Waals surface area contributed by atoms with E-state index in [9.17, 15) is 19.2 Å². The lowest BCUT2D eigenvalue weighted by atomic mass is 10.2. The van der Waals surface area contributed by atoms with Crippen molar-refractivity contribution in [3.8, 4) is 0 Å². The Labute approximate surface area is 296 Å². The fraction of sp³-hybridized carbons (Fsp3) is 0.886. The summed E-state index contributed by atoms with van der Waals surface area (Å²) in [5, 5.41) is 25.0. The van der Waals surface area contributed by atoms with Crippen LogP contribution in [0.25, 0.3) is 0 Å². The molecule has 4 amide bonds. The predicted molar refractivity (Wildman–Crippen MR) is 197 cm³/mol. The average molecular weight is 701 g/mol. The second-order valence-electron chi connectivity index (χ2n) is 14.2. The van der Waals surface area contributed by atoms with Crippen LogP contribution in [-0.4, -0.2) is 114 Å². The molecule has 0 atom stereocenters. The summed E-state index contributed by atoms with van der Waals surface area (Å²) in [7, 11) is 0. The van der Waals surface area contributed by atoms with E-state index >= 15 is 0 Å². The average Bonchev–Trinajstić information content (AvgIpc) is 2.99. The van der Waals surface area contributed by atoms with Crippen LogP contribution in [0.3, 0.4) is 0 Å². The molecule has 0 fully saturated rings. The Morgan fingerprint density at radius 3 is 0.918 bits per heavy atom. The van der Waals surface area contributed by atoms with Gasteiger partial charge in [0.25, 0.3) is 0 Å². The number of hydrogen-bond acceptors (Lipinski definition) is 10. The van der Waals surface area contributed by atoms with Gasteiger partial charge in [-0.2, -0.15) is 0 Å². The number of unbranched alkanes of at least 4 members (excludes halogenated alkanes) is 2. The molecule has 49 heavy (non-hydrogen) atoms. The van der Waals surface area contributed by atoms with Crippen LogP contribution in [0.5, 0.6) is 0 Å². The van der Waals surface area contributed by atoms with E-state index in [1.807, 2.05) is 41.5 Å². The van der Waals surface area contributed by atoms with Gasteiger partial charge in [-0.15, -0.1) is 0 Å². The Morgan fingerprint density at radius 2 is 0.633 bits per heavy atom. The summed E-state index contributed by atoms with van der Waals surface area (Å²) in [6.07, 6.45) is 8.31. The minimum absolute atomic E-state index is 0.00484. The van der Waals surface area contributed by atoms with Crippen LogP contribution in [0.4, 0.5) is 9.59 Å². The van der Waals surface area contributed by atoms with Gasteiger partial charge in [0.2, 0.25) is 11.8 Å². The summed E-state index contributed by atoms with van der Waals surface area (Å²) in [6.45, 7) is 20.8. The number of nitrogens with one attached hydrogen (secondary N) is 8. The van der Waals surface area contributed by atoms with Gasteiger partial charge in [-0.05, 0) is 152 Å². The van der Waals surface area contributed by atoms with Crippen LogP contribution in [0.2, 0.25) is 0 Å². The third-order valence-corrected chi connectivity index (χ3v) is 6.82. The quantitative estimate of drug-likeness (QED) is 0.0519. The first-order chi connectivity index (χ1) is 23.3. The molecule has 14 nitrogen and oxygen atoms in total. The molecule has 0 spiro atoms. The Kier molecular flexibility index (Phi) is 28.5. The van der Waals surface area contributed by atoms with E-state index in [-0.39, 0.29) is 24.0 Å². The number of rotatable bonds is 30. The van der Waals surface area contributed by atoms with Crippen molar-refractivity contribution in [2.75, 3.05) is 78.5 Å². The maximum Gasteiger partial charge on any atom is 0.407 e. The van der Waals surface area contributed by atoms with E-state index in [1.54, 1.807) is 0 Å². The third-order valence-electron chi connectivity index (χ3n) is 6.82. The largest absolute Gasteiger partial charge is 0.444 e. The van der Waals surface area contributed by atoms with Crippen molar-refractivity contribution in [1.82, 2.24) is 42.5 Å². The fourth-order valence-electron chi connectivity index (χ4n) is 4.40. The van der Waals surface area contributed by atoms with Crippen LogP contribution in [0, 0.1) is 0 Å². The van der Waals surface area contributed by atoms with E-state index in [1.165, 1.54) is 0 Å². The van der Waals surface area contributed by atoms with E-state index in [2.05, 4.69) is 42.5 Å². The summed E-state index contributed by atoms with van der Waals surface area (Å²) in [4.78, 5) is 47.2. The Morgan fingerprint density at radius 1 is 0.367 bits per heavy atom. The number of carbonyl (C=O) groups is 4. The van der Waals surface area contributed by atoms with Gasteiger partial charge < -0.3 is 52.0 Å². The number of amides is 4. The highest BCUT2D eigenvalue weighted by molar-refractivity contribution is 5.78. The smallest absolute Gasteiger partial charge is 0.407 e. The van der Waals surface area contributed by atoms with Crippen LogP contribution < -0.4 is 42.5 Å². The molecule has 0 aliphatic heterocycles. The molecule has 288 valence electrons. The molecule has 0 unspecified atom stereocenters. The second kappa shape index (κ2) is 30.2. The van der Waals surface area contributed by atoms with Crippen molar-refractivity contribution in [1.29, 1.82) is 0 Å². The van der Waals surface area contributed by atoms with E-state index in [4.69, 9.17) is 9.47 Å². The highest BCUT2D eigenvalue weighted by Crippen LogP contribution is 2.07. The lowest BCUT2D eigenvalue weighted by Gasteiger charge is -2.19. The molecular formula is C35H72N8O6. The molecule has 0 aromatic rings. The van der Waals surface area contributed by atoms with Crippen molar-refractivity contribution in [3.63, 3.8) is 0 Å². The Hall–Kier alpha value is -2.68. The lowest BCUT2D eigenvalue weighted by molar-refractivity contribution is -0.122. The molecule has 0 rings (SSSR count). The van der Waals surface area contributed by atoms with Crippen molar-refractivity contribution < 1.29 is 28.7 Å². The molecule has 0 heterocycles. The van der Waals surface area contributed by atoms with Crippen LogP contribution in [0.15, 0.2) is 0 Å². The first-order valence-corrected chi connectivity index (χ1v) is 18.6. The predicted octanol–water partition coefficient (Wildman–Crippen LogP) is 2.92. The van der Waals surface area contributed by atoms with Crippen molar-refractivity contribution in [2.45, 2.75) is 123 Å². The summed E-state index contributed by atoms with van der Waals surface area (Å²) in [5.74, 6) is -0.00968. The normalized spacial score (nSPS) is 11.6. The number of alkyl carbamates (subject to hydrolysis) is 2. The van der Waals surface area contributed by atoms with Crippen molar-refractivity contribution in [2.24, 2.45) is 0 Å². The maximum atomic E-state index is 12.0. The van der Waals surface area contributed by atoms with E-state index in [0.717, 1.165) is 104 Å². The molecule has 0 radical (unpaired) electrons. The zero-order valence-electron chi connectivity index (χ0n) is 31.7. The molecule has 0 aromatic carbocycles. The van der Waals surface area contributed by atoms with Crippen LogP contribution in [-0.2, 0) is 19.1 Å². The standard InChI is InChI=1S/C35H72N8O6/c1-34(2,3)48-32(46)42-28-14-24-38-20-9-7-18-36-22-12-26-40-30(44)16-11-17-31(45)41-27-13-23-37-19-8-10-21-39-25-15-29-43-33(47)49-35(4,5)6/h36-39H,7-29H2,1-6H3,(H,40,44)(H,41,45)(H,42,46)(H,43,47). The number of ether oxygens (including phenoxy) is 2. The first kappa shape index (κ1) is 46.3. The second-order valence-corrected chi connectivity index (χ2v) is 14.2. The molecule has 0 bridgehead atoms. The van der Waals surface area contributed by atoms with Gasteiger partial charge >= 0.3 is 12.2 Å². The third kappa shape index (κ3) is 38.0. The maximum absolute atomic E-state index is 12.0.